The standard InChI is InChI=1S/C38H48O16/c1-12-21-24(36(9)37(10,52-17(6)43)33(46)54-38(36)30(12)53-38)26(45)22-20-23(29(48-14(3)40)32(35(21,22)8)50-16(5)42)34(7)18(25(44)28(20)47-13(2)39)11-19-27(51-19)31(34)49-15(4)41/h12,18-24,26-32,45H,11H2,1-10H3/t12-,18+,19-,20-,21-,22+,23+,24-,26+,27-,28+,29-,30+,31-,32-,34-,35+,36-,37+,38-/m0/s1. The molecule has 54 heavy (non-hydrogen) atoms. The Balaban J connectivity index is 1.41. The van der Waals surface area contributed by atoms with E-state index in [4.69, 9.17) is 37.9 Å². The average molecular weight is 761 g/mol. The summed E-state index contributed by atoms with van der Waals surface area (Å²) >= 11 is 0. The lowest BCUT2D eigenvalue weighted by Gasteiger charge is -2.65. The molecule has 0 aromatic heterocycles. The molecule has 0 amide bonds. The van der Waals surface area contributed by atoms with Gasteiger partial charge in [0, 0.05) is 75.0 Å². The first kappa shape index (κ1) is 37.3. The molecule has 5 aliphatic carbocycles. The SMILES string of the molecule is CC(=O)O[C@H]1[C@H]2[C@H]([C@@H]3[C@@H](O)[C@@H]4[C@H]([C@H](C)[C@H]5O[C@]56OC(=O)[C@@](C)(OC(C)=O)[C@]46C)[C@@]3(C)[C@H]1OC(C)=O)[C@@H](OC(C)=O)C(=O)[C@H]1C[C@@H]3O[C@@H]3[C@H](OC(C)=O)[C@]21C. The van der Waals surface area contributed by atoms with Crippen molar-refractivity contribution in [3.8, 4) is 0 Å². The van der Waals surface area contributed by atoms with Gasteiger partial charge in [-0.25, -0.2) is 4.79 Å². The van der Waals surface area contributed by atoms with Crippen LogP contribution < -0.4 is 0 Å². The van der Waals surface area contributed by atoms with Gasteiger partial charge in [0.15, 0.2) is 11.9 Å². The second kappa shape index (κ2) is 11.2. The van der Waals surface area contributed by atoms with E-state index in [2.05, 4.69) is 0 Å². The van der Waals surface area contributed by atoms with Crippen LogP contribution in [0.3, 0.4) is 0 Å². The molecule has 8 fully saturated rings. The molecule has 20 atom stereocenters. The third-order valence-electron chi connectivity index (χ3n) is 15.3. The molecule has 0 bridgehead atoms. The predicted molar refractivity (Wildman–Crippen MR) is 175 cm³/mol. The average Bonchev–Trinajstić information content (AvgIpc) is 3.95. The van der Waals surface area contributed by atoms with Crippen LogP contribution in [0.4, 0.5) is 0 Å². The molecule has 0 aromatic rings. The smallest absolute Gasteiger partial charge is 0.353 e. The van der Waals surface area contributed by atoms with Crippen LogP contribution in [-0.4, -0.2) is 107 Å². The van der Waals surface area contributed by atoms with Crippen LogP contribution in [0.5, 0.6) is 0 Å². The van der Waals surface area contributed by atoms with Gasteiger partial charge in [0.25, 0.3) is 5.79 Å². The molecule has 3 saturated heterocycles. The molecular formula is C38H48O16. The minimum Gasteiger partial charge on any atom is -0.459 e. The Labute approximate surface area is 311 Å². The maximum absolute atomic E-state index is 15.0. The number of epoxide rings is 2. The summed E-state index contributed by atoms with van der Waals surface area (Å²) in [5.41, 5.74) is -6.29. The molecular weight excluding hydrogens is 712 g/mol. The summed E-state index contributed by atoms with van der Waals surface area (Å²) in [6, 6.07) is 0. The Morgan fingerprint density at radius 2 is 1.33 bits per heavy atom. The fourth-order valence-corrected chi connectivity index (χ4v) is 13.6. The van der Waals surface area contributed by atoms with Gasteiger partial charge in [0.05, 0.1) is 17.6 Å². The number of ketones is 1. The molecule has 1 N–H and O–H groups in total. The number of fused-ring (bicyclic) bond motifs is 9. The molecule has 16 heteroatoms. The van der Waals surface area contributed by atoms with Crippen LogP contribution in [0.15, 0.2) is 0 Å². The summed E-state index contributed by atoms with van der Waals surface area (Å²) in [5, 5.41) is 13.2. The van der Waals surface area contributed by atoms with E-state index >= 15 is 0 Å². The van der Waals surface area contributed by atoms with Crippen LogP contribution >= 0.6 is 0 Å². The van der Waals surface area contributed by atoms with Crippen LogP contribution in [-0.2, 0) is 71.5 Å². The second-order valence-electron chi connectivity index (χ2n) is 17.7. The molecule has 8 rings (SSSR count). The molecule has 0 aromatic carbocycles. The highest BCUT2D eigenvalue weighted by atomic mass is 16.8. The highest BCUT2D eigenvalue weighted by Crippen LogP contribution is 2.81. The van der Waals surface area contributed by atoms with Crippen molar-refractivity contribution in [3.63, 3.8) is 0 Å². The maximum Gasteiger partial charge on any atom is 0.353 e. The Morgan fingerprint density at radius 3 is 1.91 bits per heavy atom. The quantitative estimate of drug-likeness (QED) is 0.236. The first-order chi connectivity index (χ1) is 25.0. The van der Waals surface area contributed by atoms with Gasteiger partial charge in [0.1, 0.15) is 30.5 Å². The number of Topliss-reactive ketones (excluding diaryl/α,β-unsaturated/α-hetero) is 1. The first-order valence-electron chi connectivity index (χ1n) is 18.7. The molecule has 16 nitrogen and oxygen atoms in total. The number of hydrogen-bond donors (Lipinski definition) is 1. The van der Waals surface area contributed by atoms with Crippen molar-refractivity contribution in [2.75, 3.05) is 0 Å². The molecule has 5 saturated carbocycles. The lowest BCUT2D eigenvalue weighted by atomic mass is 9.41. The van der Waals surface area contributed by atoms with Crippen molar-refractivity contribution in [2.45, 2.75) is 136 Å². The first-order valence-corrected chi connectivity index (χ1v) is 18.7. The van der Waals surface area contributed by atoms with E-state index in [1.54, 1.807) is 20.8 Å². The lowest BCUT2D eigenvalue weighted by Crippen LogP contribution is -2.75. The zero-order chi connectivity index (χ0) is 39.6. The molecule has 296 valence electrons. The number of ether oxygens (including phenoxy) is 8. The Morgan fingerprint density at radius 1 is 0.741 bits per heavy atom. The van der Waals surface area contributed by atoms with E-state index < -0.39 is 159 Å². The van der Waals surface area contributed by atoms with Gasteiger partial charge in [-0.2, -0.15) is 0 Å². The van der Waals surface area contributed by atoms with Gasteiger partial charge >= 0.3 is 35.8 Å². The number of aliphatic hydroxyl groups is 1. The highest BCUT2D eigenvalue weighted by Gasteiger charge is 2.94. The molecule has 3 aliphatic heterocycles. The van der Waals surface area contributed by atoms with Gasteiger partial charge in [-0.05, 0) is 32.1 Å². The number of hydrogen-bond acceptors (Lipinski definition) is 16. The number of rotatable bonds is 5. The van der Waals surface area contributed by atoms with E-state index in [1.807, 2.05) is 6.92 Å². The van der Waals surface area contributed by atoms with Crippen LogP contribution in [0.25, 0.3) is 0 Å². The van der Waals surface area contributed by atoms with Gasteiger partial charge < -0.3 is 43.0 Å². The van der Waals surface area contributed by atoms with Gasteiger partial charge in [-0.15, -0.1) is 0 Å². The summed E-state index contributed by atoms with van der Waals surface area (Å²) in [4.78, 5) is 93.7. The zero-order valence-corrected chi connectivity index (χ0v) is 31.9. The zero-order valence-electron chi connectivity index (χ0n) is 31.9. The van der Waals surface area contributed by atoms with Crippen molar-refractivity contribution in [1.82, 2.24) is 0 Å². The highest BCUT2D eigenvalue weighted by molar-refractivity contribution is 5.90. The van der Waals surface area contributed by atoms with E-state index in [9.17, 15) is 38.7 Å². The summed E-state index contributed by atoms with van der Waals surface area (Å²) < 4.78 is 48.6. The molecule has 0 unspecified atom stereocenters. The van der Waals surface area contributed by atoms with Gasteiger partial charge in [-0.1, -0.05) is 20.8 Å². The van der Waals surface area contributed by atoms with E-state index in [1.165, 1.54) is 34.6 Å². The lowest BCUT2D eigenvalue weighted by molar-refractivity contribution is -0.274. The third kappa shape index (κ3) is 4.27. The fourth-order valence-electron chi connectivity index (χ4n) is 13.6. The number of carbonyl (C=O) groups excluding carboxylic acids is 7. The van der Waals surface area contributed by atoms with E-state index in [0.717, 1.165) is 6.92 Å². The topological polar surface area (TPSA) is 220 Å². The number of esters is 6. The Kier molecular flexibility index (Phi) is 7.76. The van der Waals surface area contributed by atoms with Crippen molar-refractivity contribution < 1.29 is 76.6 Å². The summed E-state index contributed by atoms with van der Waals surface area (Å²) in [7, 11) is 0. The summed E-state index contributed by atoms with van der Waals surface area (Å²) in [6.45, 7) is 14.5. The largest absolute Gasteiger partial charge is 0.459 e. The van der Waals surface area contributed by atoms with Gasteiger partial charge in [0.2, 0.25) is 5.60 Å². The molecule has 1 spiro atoms. The van der Waals surface area contributed by atoms with E-state index in [0.29, 0.717) is 0 Å². The monoisotopic (exact) mass is 760 g/mol. The second-order valence-corrected chi connectivity index (χ2v) is 17.7. The van der Waals surface area contributed by atoms with Crippen LogP contribution in [0.2, 0.25) is 0 Å². The molecule has 0 radical (unpaired) electrons. The van der Waals surface area contributed by atoms with Crippen LogP contribution in [0.1, 0.15) is 75.7 Å². The third-order valence-corrected chi connectivity index (χ3v) is 15.3. The number of carbonyl (C=O) groups is 7. The van der Waals surface area contributed by atoms with Crippen LogP contribution in [0, 0.1) is 57.7 Å². The maximum atomic E-state index is 15.0. The number of aliphatic hydroxyl groups excluding tert-OH is 1. The Bertz CT molecular complexity index is 1780. The van der Waals surface area contributed by atoms with Gasteiger partial charge in [-0.3, -0.25) is 28.8 Å². The normalized spacial score (nSPS) is 54.0. The van der Waals surface area contributed by atoms with E-state index in [-0.39, 0.29) is 6.42 Å². The molecule has 8 aliphatic rings. The van der Waals surface area contributed by atoms with Crippen molar-refractivity contribution >= 4 is 41.6 Å². The predicted octanol–water partition coefficient (Wildman–Crippen LogP) is 1.19. The Hall–Kier alpha value is -3.63. The minimum absolute atomic E-state index is 0.191. The molecule has 3 heterocycles. The fraction of sp³-hybridized carbons (Fsp3) is 0.816. The van der Waals surface area contributed by atoms with Crippen molar-refractivity contribution in [1.29, 1.82) is 0 Å². The van der Waals surface area contributed by atoms with Crippen molar-refractivity contribution in [3.05, 3.63) is 0 Å². The summed E-state index contributed by atoms with van der Waals surface area (Å²) in [6.07, 6.45) is -8.22. The minimum atomic E-state index is -1.97. The van der Waals surface area contributed by atoms with Crippen molar-refractivity contribution in [2.24, 2.45) is 57.7 Å². The summed E-state index contributed by atoms with van der Waals surface area (Å²) in [5.74, 6) is -13.0.